The van der Waals surface area contributed by atoms with E-state index < -0.39 is 0 Å². The highest BCUT2D eigenvalue weighted by atomic mass is 15.2. The van der Waals surface area contributed by atoms with E-state index in [9.17, 15) is 0 Å². The SMILES string of the molecule is Cc1cc(C)c(-c2cc3c4c(c2)N(c2cc(C(C)(C)C)cc(C(C)(C)C)c2)c2ccc(-c5ccccc5-c5ccccc5)cc2B4c2ccccc2N3c2cc(C(C)(C)C)cc(C(C)(C)C)c2)c(C)c1. The average Bonchev–Trinajstić information content (AvgIpc) is 3.29. The van der Waals surface area contributed by atoms with Gasteiger partial charge in [-0.25, -0.2) is 0 Å². The first-order chi connectivity index (χ1) is 33.0. The molecule has 2 nitrogen and oxygen atoms in total. The van der Waals surface area contributed by atoms with Crippen LogP contribution < -0.4 is 26.2 Å². The van der Waals surface area contributed by atoms with Crippen molar-refractivity contribution in [1.29, 1.82) is 0 Å². The zero-order valence-electron chi connectivity index (χ0n) is 44.5. The quantitative estimate of drug-likeness (QED) is 0.159. The van der Waals surface area contributed by atoms with E-state index in [1.54, 1.807) is 0 Å². The van der Waals surface area contributed by atoms with E-state index in [0.717, 1.165) is 0 Å². The van der Waals surface area contributed by atoms with Crippen LogP contribution in [0.2, 0.25) is 0 Å². The van der Waals surface area contributed by atoms with Gasteiger partial charge >= 0.3 is 0 Å². The van der Waals surface area contributed by atoms with Gasteiger partial charge in [0, 0.05) is 34.1 Å². The number of anilines is 6. The molecule has 2 aliphatic rings. The maximum absolute atomic E-state index is 2.64. The predicted molar refractivity (Wildman–Crippen MR) is 306 cm³/mol. The van der Waals surface area contributed by atoms with Gasteiger partial charge in [0.1, 0.15) is 0 Å². The minimum Gasteiger partial charge on any atom is -0.311 e. The zero-order valence-corrected chi connectivity index (χ0v) is 44.5. The second-order valence-electron chi connectivity index (χ2n) is 24.6. The van der Waals surface area contributed by atoms with Gasteiger partial charge in [0.25, 0.3) is 6.71 Å². The number of para-hydroxylation sites is 1. The third kappa shape index (κ3) is 8.30. The summed E-state index contributed by atoms with van der Waals surface area (Å²) in [4.78, 5) is 5.27. The molecule has 0 bridgehead atoms. The Hall–Kier alpha value is -6.58. The molecule has 0 spiro atoms. The monoisotopic (exact) mass is 915 g/mol. The topological polar surface area (TPSA) is 6.48 Å². The molecule has 8 aromatic carbocycles. The van der Waals surface area contributed by atoms with E-state index >= 15 is 0 Å². The van der Waals surface area contributed by atoms with Gasteiger partial charge in [-0.15, -0.1) is 0 Å². The summed E-state index contributed by atoms with van der Waals surface area (Å²) in [5, 5.41) is 0. The fraction of sp³-hybridized carbons (Fsp3) is 0.284. The summed E-state index contributed by atoms with van der Waals surface area (Å²) in [7, 11) is 0. The Bertz CT molecular complexity index is 3240. The molecule has 0 unspecified atom stereocenters. The van der Waals surface area contributed by atoms with Crippen LogP contribution in [0.4, 0.5) is 34.1 Å². The largest absolute Gasteiger partial charge is 0.311 e. The highest BCUT2D eigenvalue weighted by molar-refractivity contribution is 7.00. The molecule has 0 atom stereocenters. The van der Waals surface area contributed by atoms with E-state index in [2.05, 4.69) is 271 Å². The van der Waals surface area contributed by atoms with Crippen LogP contribution in [-0.2, 0) is 21.7 Å². The molecule has 2 aliphatic heterocycles. The standard InChI is InChI=1S/C67H71BN2/c1-42-31-43(2)62(44(3)32-42)47-34-60-63-61(35-47)70(53-40-50(66(10,11)12)37-51(41-53)67(13,14)15)59-30-29-46(55-26-20-19-25-54(55)45-23-17-16-18-24-45)33-57(59)68(63)56-27-21-22-28-58(56)69(60)52-38-48(64(4,5)6)36-49(39-52)65(7,8)9/h16-41H,1-15H3. The Kier molecular flexibility index (Phi) is 11.3. The molecule has 352 valence electrons. The molecule has 10 rings (SSSR count). The molecule has 0 fully saturated rings. The molecule has 0 aliphatic carbocycles. The summed E-state index contributed by atoms with van der Waals surface area (Å²) in [6.07, 6.45) is 0. The Morgan fingerprint density at radius 1 is 0.343 bits per heavy atom. The van der Waals surface area contributed by atoms with Gasteiger partial charge in [0.05, 0.1) is 0 Å². The van der Waals surface area contributed by atoms with Crippen LogP contribution in [0.15, 0.2) is 158 Å². The molecule has 0 radical (unpaired) electrons. The molecule has 0 amide bonds. The smallest absolute Gasteiger partial charge is 0.252 e. The summed E-state index contributed by atoms with van der Waals surface area (Å²) in [6.45, 7) is 35.0. The maximum atomic E-state index is 2.64. The third-order valence-corrected chi connectivity index (χ3v) is 15.1. The van der Waals surface area contributed by atoms with Crippen LogP contribution in [-0.4, -0.2) is 6.71 Å². The second kappa shape index (κ2) is 16.8. The molecule has 0 aromatic heterocycles. The maximum Gasteiger partial charge on any atom is 0.252 e. The minimum atomic E-state index is -0.0713. The van der Waals surface area contributed by atoms with Crippen molar-refractivity contribution >= 4 is 57.2 Å². The van der Waals surface area contributed by atoms with Crippen molar-refractivity contribution in [2.24, 2.45) is 0 Å². The number of benzene rings is 8. The summed E-state index contributed by atoms with van der Waals surface area (Å²) in [6, 6.07) is 61.0. The van der Waals surface area contributed by atoms with Gasteiger partial charge in [0.2, 0.25) is 0 Å². The fourth-order valence-electron chi connectivity index (χ4n) is 11.3. The molecule has 2 heterocycles. The Morgan fingerprint density at radius 3 is 1.26 bits per heavy atom. The number of nitrogens with zero attached hydrogens (tertiary/aromatic N) is 2. The van der Waals surface area contributed by atoms with Crippen molar-refractivity contribution in [3.05, 3.63) is 197 Å². The van der Waals surface area contributed by atoms with Crippen molar-refractivity contribution in [3.8, 4) is 33.4 Å². The van der Waals surface area contributed by atoms with Crippen molar-refractivity contribution in [3.63, 3.8) is 0 Å². The van der Waals surface area contributed by atoms with Crippen molar-refractivity contribution in [2.45, 2.75) is 126 Å². The molecule has 0 saturated carbocycles. The Labute approximate surface area is 420 Å². The van der Waals surface area contributed by atoms with E-state index in [4.69, 9.17) is 0 Å². The van der Waals surface area contributed by atoms with Crippen LogP contribution in [0.3, 0.4) is 0 Å². The Balaban J connectivity index is 1.37. The first-order valence-electron chi connectivity index (χ1n) is 25.5. The van der Waals surface area contributed by atoms with Crippen LogP contribution in [0, 0.1) is 20.8 Å². The highest BCUT2D eigenvalue weighted by Gasteiger charge is 2.44. The highest BCUT2D eigenvalue weighted by Crippen LogP contribution is 2.49. The molecule has 0 saturated heterocycles. The fourth-order valence-corrected chi connectivity index (χ4v) is 11.3. The van der Waals surface area contributed by atoms with Crippen LogP contribution in [0.25, 0.3) is 33.4 Å². The van der Waals surface area contributed by atoms with Gasteiger partial charge in [-0.1, -0.05) is 198 Å². The van der Waals surface area contributed by atoms with Crippen LogP contribution >= 0.6 is 0 Å². The number of rotatable bonds is 5. The summed E-state index contributed by atoms with van der Waals surface area (Å²) in [5.74, 6) is 0. The zero-order chi connectivity index (χ0) is 49.8. The number of fused-ring (bicyclic) bond motifs is 4. The lowest BCUT2D eigenvalue weighted by atomic mass is 9.33. The molecular formula is C67H71BN2. The van der Waals surface area contributed by atoms with Crippen molar-refractivity contribution in [1.82, 2.24) is 0 Å². The van der Waals surface area contributed by atoms with Crippen LogP contribution in [0.5, 0.6) is 0 Å². The first-order valence-corrected chi connectivity index (χ1v) is 25.5. The van der Waals surface area contributed by atoms with E-state index in [-0.39, 0.29) is 28.4 Å². The van der Waals surface area contributed by atoms with Gasteiger partial charge in [0.15, 0.2) is 0 Å². The molecule has 0 N–H and O–H groups in total. The van der Waals surface area contributed by atoms with Crippen molar-refractivity contribution in [2.75, 3.05) is 9.80 Å². The molecule has 3 heteroatoms. The number of aryl methyl sites for hydroxylation is 3. The van der Waals surface area contributed by atoms with E-state index in [1.807, 2.05) is 0 Å². The van der Waals surface area contributed by atoms with E-state index in [1.165, 1.54) is 123 Å². The lowest BCUT2D eigenvalue weighted by Crippen LogP contribution is -2.61. The minimum absolute atomic E-state index is 0.0393. The first kappa shape index (κ1) is 47.1. The third-order valence-electron chi connectivity index (χ3n) is 15.1. The summed E-state index contributed by atoms with van der Waals surface area (Å²) < 4.78 is 0. The lowest BCUT2D eigenvalue weighted by Gasteiger charge is -2.45. The van der Waals surface area contributed by atoms with Crippen molar-refractivity contribution < 1.29 is 0 Å². The second-order valence-corrected chi connectivity index (χ2v) is 24.6. The van der Waals surface area contributed by atoms with E-state index in [0.29, 0.717) is 0 Å². The van der Waals surface area contributed by atoms with Gasteiger partial charge in [-0.2, -0.15) is 0 Å². The predicted octanol–water partition coefficient (Wildman–Crippen LogP) is 16.9. The average molecular weight is 915 g/mol. The lowest BCUT2D eigenvalue weighted by molar-refractivity contribution is 0.568. The number of hydrogen-bond donors (Lipinski definition) is 0. The normalized spacial score (nSPS) is 13.6. The van der Waals surface area contributed by atoms with Gasteiger partial charge in [-0.3, -0.25) is 0 Å². The summed E-state index contributed by atoms with van der Waals surface area (Å²) >= 11 is 0. The van der Waals surface area contributed by atoms with Gasteiger partial charge < -0.3 is 9.80 Å². The van der Waals surface area contributed by atoms with Gasteiger partial charge in [-0.05, 0) is 174 Å². The molecule has 70 heavy (non-hydrogen) atoms. The Morgan fingerprint density at radius 2 is 0.771 bits per heavy atom. The van der Waals surface area contributed by atoms with Crippen LogP contribution in [0.1, 0.15) is 122 Å². The number of hydrogen-bond acceptors (Lipinski definition) is 2. The summed E-state index contributed by atoms with van der Waals surface area (Å²) in [5.41, 5.74) is 27.7. The molecular weight excluding hydrogens is 844 g/mol. The molecule has 8 aromatic rings.